The minimum atomic E-state index is -6.00. The molecule has 0 unspecified atom stereocenters. The molecule has 0 heterocycles. The summed E-state index contributed by atoms with van der Waals surface area (Å²) in [6.45, 7) is 0. The average Bonchev–Trinajstić information content (AvgIpc) is 2.76. The van der Waals surface area contributed by atoms with Gasteiger partial charge in [0.05, 0.1) is 0 Å². The molecule has 0 radical (unpaired) electrons. The van der Waals surface area contributed by atoms with Crippen molar-refractivity contribution in [3.05, 3.63) is 121 Å². The van der Waals surface area contributed by atoms with E-state index in [1.165, 1.54) is 21.9 Å². The van der Waals surface area contributed by atoms with Crippen LogP contribution in [0.1, 0.15) is 0 Å². The molecule has 0 aliphatic rings. The Morgan fingerprint density at radius 2 is 0.531 bits per heavy atom. The van der Waals surface area contributed by atoms with E-state index in [0.717, 1.165) is 0 Å². The van der Waals surface area contributed by atoms with Crippen molar-refractivity contribution in [3.8, 4) is 0 Å². The first kappa shape index (κ1) is 27.7. The van der Waals surface area contributed by atoms with Gasteiger partial charge in [-0.1, -0.05) is 121 Å². The summed E-state index contributed by atoms with van der Waals surface area (Å²) in [5, 5.41) is 0. The molecule has 0 fully saturated rings. The number of halogens is 4. The van der Waals surface area contributed by atoms with Crippen LogP contribution in [0.4, 0.5) is 17.3 Å². The summed E-state index contributed by atoms with van der Waals surface area (Å²) in [6.07, 6.45) is -1.22. The van der Waals surface area contributed by atoms with E-state index >= 15 is 0 Å². The van der Waals surface area contributed by atoms with Gasteiger partial charge in [0.25, 0.3) is 0 Å². The quantitative estimate of drug-likeness (QED) is 0.366. The minimum Gasteiger partial charge on any atom is -0.418 e. The second-order valence-electron chi connectivity index (χ2n) is 7.00. The topological polar surface area (TPSA) is 36.5 Å². The van der Waals surface area contributed by atoms with Crippen molar-refractivity contribution < 1.29 is 46.8 Å². The first-order chi connectivity index (χ1) is 14.4. The molecule has 0 aliphatic carbocycles. The molecule has 160 valence electrons. The van der Waals surface area contributed by atoms with E-state index in [1.807, 2.05) is 0 Å². The Labute approximate surface area is 208 Å². The molecule has 32 heavy (non-hydrogen) atoms. The predicted molar refractivity (Wildman–Crippen MR) is 126 cm³/mol. The Morgan fingerprint density at radius 3 is 0.688 bits per heavy atom. The van der Waals surface area contributed by atoms with Gasteiger partial charge < -0.3 is 23.4 Å². The maximum absolute atomic E-state index is 9.75. The molecule has 0 saturated heterocycles. The van der Waals surface area contributed by atoms with E-state index in [0.29, 0.717) is 0 Å². The van der Waals surface area contributed by atoms with Gasteiger partial charge in [-0.15, -0.1) is 0 Å². The van der Waals surface area contributed by atoms with Crippen LogP contribution in [0.5, 0.6) is 0 Å². The van der Waals surface area contributed by atoms with Crippen molar-refractivity contribution in [2.45, 2.75) is 0 Å². The second kappa shape index (κ2) is 12.7. The van der Waals surface area contributed by atoms with Gasteiger partial charge >= 0.3 is 36.8 Å². The number of quaternary nitrogens is 1. The largest absolute Gasteiger partial charge is 1.00 e. The summed E-state index contributed by atoms with van der Waals surface area (Å²) in [4.78, 5) is 0. The van der Waals surface area contributed by atoms with Crippen molar-refractivity contribution in [1.29, 1.82) is 0 Å². The van der Waals surface area contributed by atoms with Crippen LogP contribution in [-0.4, -0.2) is 13.4 Å². The molecule has 4 N–H and O–H groups in total. The SMILES string of the molecule is F[B-](F)(F)F.[NH4+].[Na+].c1ccc([B-](c2ccccc2)(c2ccccc2)c2ccccc2)cc1. The van der Waals surface area contributed by atoms with E-state index in [4.69, 9.17) is 0 Å². The fourth-order valence-electron chi connectivity index (χ4n) is 4.12. The van der Waals surface area contributed by atoms with Gasteiger partial charge in [0.15, 0.2) is 0 Å². The molecule has 0 spiro atoms. The Bertz CT molecular complexity index is 866. The van der Waals surface area contributed by atoms with Gasteiger partial charge in [-0.05, 0) is 0 Å². The van der Waals surface area contributed by atoms with Gasteiger partial charge in [-0.3, -0.25) is 0 Å². The summed E-state index contributed by atoms with van der Waals surface area (Å²) in [5.74, 6) is 0. The molecular weight excluding hydrogens is 423 g/mol. The molecule has 4 aromatic rings. The summed E-state index contributed by atoms with van der Waals surface area (Å²) in [7, 11) is -6.00. The normalized spacial score (nSPS) is 10.6. The third-order valence-corrected chi connectivity index (χ3v) is 5.20. The first-order valence-electron chi connectivity index (χ1n) is 9.67. The number of hydrogen-bond acceptors (Lipinski definition) is 0. The zero-order valence-electron chi connectivity index (χ0n) is 18.2. The van der Waals surface area contributed by atoms with Crippen molar-refractivity contribution in [3.63, 3.8) is 0 Å². The Kier molecular flexibility index (Phi) is 11.0. The standard InChI is InChI=1S/C24H20B.BF4.H3N.Na/c1-5-13-21(14-6-1)25(22-15-7-2-8-16-22,23-17-9-3-10-18-23)24-19-11-4-12-20-24;2-1(3,4)5;;/h1-20H;;1H3;/q2*-1;;+1/p+1. The van der Waals surface area contributed by atoms with Crippen LogP contribution in [-0.2, 0) is 0 Å². The predicted octanol–water partition coefficient (Wildman–Crippen LogP) is 1.74. The molecular formula is C24H24B2F4NNa. The molecule has 0 atom stereocenters. The van der Waals surface area contributed by atoms with Gasteiger partial charge in [0, 0.05) is 0 Å². The fourth-order valence-corrected chi connectivity index (χ4v) is 4.12. The van der Waals surface area contributed by atoms with Crippen molar-refractivity contribution in [2.24, 2.45) is 0 Å². The molecule has 0 aromatic heterocycles. The van der Waals surface area contributed by atoms with Gasteiger partial charge in [0.1, 0.15) is 6.15 Å². The van der Waals surface area contributed by atoms with E-state index in [9.17, 15) is 17.3 Å². The zero-order chi connectivity index (χ0) is 21.5. The number of hydrogen-bond donors (Lipinski definition) is 1. The van der Waals surface area contributed by atoms with Crippen LogP contribution < -0.4 is 57.6 Å². The molecule has 4 rings (SSSR count). The average molecular weight is 447 g/mol. The van der Waals surface area contributed by atoms with Crippen LogP contribution in [0.25, 0.3) is 0 Å². The van der Waals surface area contributed by atoms with Gasteiger partial charge in [-0.25, -0.2) is 0 Å². The molecule has 1 nitrogen and oxygen atoms in total. The zero-order valence-corrected chi connectivity index (χ0v) is 20.2. The third-order valence-electron chi connectivity index (χ3n) is 5.20. The molecule has 0 bridgehead atoms. The summed E-state index contributed by atoms with van der Waals surface area (Å²) in [6, 6.07) is 43.5. The van der Waals surface area contributed by atoms with Crippen LogP contribution in [0, 0.1) is 0 Å². The molecule has 0 amide bonds. The van der Waals surface area contributed by atoms with Crippen molar-refractivity contribution >= 4 is 35.3 Å². The van der Waals surface area contributed by atoms with E-state index in [-0.39, 0.29) is 35.7 Å². The van der Waals surface area contributed by atoms with Crippen LogP contribution in [0.2, 0.25) is 0 Å². The molecule has 0 saturated carbocycles. The first-order valence-corrected chi connectivity index (χ1v) is 9.67. The smallest absolute Gasteiger partial charge is 0.418 e. The Morgan fingerprint density at radius 1 is 0.375 bits per heavy atom. The maximum atomic E-state index is 9.75. The fraction of sp³-hybridized carbons (Fsp3) is 0. The monoisotopic (exact) mass is 447 g/mol. The Balaban J connectivity index is 0.000000664. The van der Waals surface area contributed by atoms with E-state index in [2.05, 4.69) is 121 Å². The van der Waals surface area contributed by atoms with E-state index in [1.54, 1.807) is 0 Å². The third kappa shape index (κ3) is 6.84. The van der Waals surface area contributed by atoms with Gasteiger partial charge in [0.2, 0.25) is 0 Å². The minimum absolute atomic E-state index is 0. The van der Waals surface area contributed by atoms with Crippen LogP contribution in [0.3, 0.4) is 0 Å². The van der Waals surface area contributed by atoms with Crippen molar-refractivity contribution in [1.82, 2.24) is 6.15 Å². The number of rotatable bonds is 4. The summed E-state index contributed by atoms with van der Waals surface area (Å²) < 4.78 is 39.0. The van der Waals surface area contributed by atoms with Crippen LogP contribution in [0.15, 0.2) is 121 Å². The van der Waals surface area contributed by atoms with Crippen LogP contribution >= 0.6 is 0 Å². The maximum Gasteiger partial charge on any atom is 1.00 e. The number of benzene rings is 4. The summed E-state index contributed by atoms with van der Waals surface area (Å²) in [5.41, 5.74) is 5.36. The summed E-state index contributed by atoms with van der Waals surface area (Å²) >= 11 is 0. The molecule has 8 heteroatoms. The second-order valence-corrected chi connectivity index (χ2v) is 7.00. The van der Waals surface area contributed by atoms with Gasteiger partial charge in [-0.2, -0.15) is 21.9 Å². The van der Waals surface area contributed by atoms with Crippen molar-refractivity contribution in [2.75, 3.05) is 0 Å². The van der Waals surface area contributed by atoms with E-state index < -0.39 is 13.4 Å². The molecule has 4 aromatic carbocycles. The Hall–Kier alpha value is -2.31. The molecule has 0 aliphatic heterocycles.